The minimum absolute atomic E-state index is 0.0303. The maximum Gasteiger partial charge on any atom is 0.397 e. The van der Waals surface area contributed by atoms with E-state index in [4.69, 9.17) is 10.5 Å². The van der Waals surface area contributed by atoms with E-state index in [-0.39, 0.29) is 23.4 Å². The van der Waals surface area contributed by atoms with Crippen molar-refractivity contribution in [3.8, 4) is 0 Å². The van der Waals surface area contributed by atoms with Crippen LogP contribution in [-0.4, -0.2) is 18.8 Å². The van der Waals surface area contributed by atoms with Crippen molar-refractivity contribution in [2.24, 2.45) is 0 Å². The number of carbonyl (C=O) groups excluding carboxylic acids is 1. The number of hydrogen-bond donors (Lipinski definition) is 1. The average molecular weight is 275 g/mol. The number of esters is 1. The number of nitrogens with two attached hydrogens (primary N) is 1. The maximum absolute atomic E-state index is 13.0. The first-order valence-electron chi connectivity index (χ1n) is 5.75. The Morgan fingerprint density at radius 1 is 1.32 bits per heavy atom. The number of ether oxygens (including phenoxy) is 1. The topological polar surface area (TPSA) is 52.3 Å². The first-order chi connectivity index (χ1) is 8.61. The molecule has 3 nitrogen and oxygen atoms in total. The van der Waals surface area contributed by atoms with Gasteiger partial charge in [-0.2, -0.15) is 13.2 Å². The maximum atomic E-state index is 13.0. The van der Waals surface area contributed by atoms with E-state index in [1.807, 2.05) is 0 Å². The lowest BCUT2D eigenvalue weighted by Gasteiger charge is -2.28. The van der Waals surface area contributed by atoms with Crippen LogP contribution in [0.15, 0.2) is 18.2 Å². The normalized spacial score (nSPS) is 12.3. The molecule has 0 bridgehead atoms. The molecule has 19 heavy (non-hydrogen) atoms. The van der Waals surface area contributed by atoms with E-state index >= 15 is 0 Å². The Hall–Kier alpha value is -1.72. The zero-order valence-electron chi connectivity index (χ0n) is 11.0. The summed E-state index contributed by atoms with van der Waals surface area (Å²) in [4.78, 5) is 11.6. The number of hydrogen-bond acceptors (Lipinski definition) is 3. The van der Waals surface area contributed by atoms with E-state index < -0.39 is 17.6 Å². The molecule has 0 fully saturated rings. The Balaban J connectivity index is 3.27. The van der Waals surface area contributed by atoms with Crippen molar-refractivity contribution in [3.05, 3.63) is 29.3 Å². The van der Waals surface area contributed by atoms with Gasteiger partial charge in [0.25, 0.3) is 0 Å². The van der Waals surface area contributed by atoms with Gasteiger partial charge in [-0.05, 0) is 38.5 Å². The molecule has 0 atom stereocenters. The molecule has 0 unspecified atom stereocenters. The zero-order valence-corrected chi connectivity index (χ0v) is 11.0. The fourth-order valence-electron chi connectivity index (χ4n) is 1.49. The molecular formula is C13H16F3NO2. The molecule has 0 aliphatic heterocycles. The number of nitrogen functional groups attached to an aromatic ring is 1. The van der Waals surface area contributed by atoms with Crippen LogP contribution < -0.4 is 5.73 Å². The van der Waals surface area contributed by atoms with Gasteiger partial charge in [0, 0.05) is 5.69 Å². The molecule has 0 aromatic heterocycles. The van der Waals surface area contributed by atoms with Crippen LogP contribution in [0.1, 0.15) is 36.7 Å². The van der Waals surface area contributed by atoms with Crippen LogP contribution >= 0.6 is 0 Å². The van der Waals surface area contributed by atoms with Crippen molar-refractivity contribution in [1.29, 1.82) is 0 Å². The van der Waals surface area contributed by atoms with Crippen molar-refractivity contribution in [2.45, 2.75) is 32.4 Å². The zero-order chi connectivity index (χ0) is 14.8. The molecule has 6 heteroatoms. The first-order valence-corrected chi connectivity index (χ1v) is 5.75. The van der Waals surface area contributed by atoms with Crippen molar-refractivity contribution in [3.63, 3.8) is 0 Å². The molecule has 1 rings (SSSR count). The second-order valence-corrected chi connectivity index (χ2v) is 4.65. The molecule has 0 amide bonds. The minimum Gasteiger partial charge on any atom is -0.462 e. The van der Waals surface area contributed by atoms with Gasteiger partial charge in [-0.15, -0.1) is 0 Å². The minimum atomic E-state index is -4.42. The van der Waals surface area contributed by atoms with Crippen LogP contribution in [-0.2, 0) is 10.2 Å². The van der Waals surface area contributed by atoms with Gasteiger partial charge in [0.2, 0.25) is 0 Å². The van der Waals surface area contributed by atoms with Gasteiger partial charge < -0.3 is 10.5 Å². The van der Waals surface area contributed by atoms with Crippen molar-refractivity contribution >= 4 is 11.7 Å². The molecule has 2 N–H and O–H groups in total. The van der Waals surface area contributed by atoms with E-state index in [0.29, 0.717) is 0 Å². The Morgan fingerprint density at radius 3 is 2.37 bits per heavy atom. The first kappa shape index (κ1) is 15.3. The predicted octanol–water partition coefficient (Wildman–Crippen LogP) is 3.29. The quantitative estimate of drug-likeness (QED) is 0.680. The van der Waals surface area contributed by atoms with Crippen LogP contribution in [0.4, 0.5) is 18.9 Å². The molecule has 0 aliphatic rings. The predicted molar refractivity (Wildman–Crippen MR) is 65.9 cm³/mol. The van der Waals surface area contributed by atoms with Crippen LogP contribution in [0.5, 0.6) is 0 Å². The van der Waals surface area contributed by atoms with Crippen LogP contribution in [0.2, 0.25) is 0 Å². The largest absolute Gasteiger partial charge is 0.462 e. The number of halogens is 3. The van der Waals surface area contributed by atoms with Gasteiger partial charge in [-0.1, -0.05) is 6.07 Å². The highest BCUT2D eigenvalue weighted by atomic mass is 19.4. The van der Waals surface area contributed by atoms with E-state index in [2.05, 4.69) is 0 Å². The summed E-state index contributed by atoms with van der Waals surface area (Å²) in [5.74, 6) is -0.722. The summed E-state index contributed by atoms with van der Waals surface area (Å²) in [7, 11) is 0. The van der Waals surface area contributed by atoms with Gasteiger partial charge in [-0.3, -0.25) is 0 Å². The lowest BCUT2D eigenvalue weighted by atomic mass is 9.83. The van der Waals surface area contributed by atoms with E-state index in [9.17, 15) is 18.0 Å². The summed E-state index contributed by atoms with van der Waals surface area (Å²) in [6.45, 7) is 3.84. The van der Waals surface area contributed by atoms with Gasteiger partial charge >= 0.3 is 12.1 Å². The van der Waals surface area contributed by atoms with E-state index in [1.54, 1.807) is 6.92 Å². The molecule has 0 saturated heterocycles. The third-order valence-electron chi connectivity index (χ3n) is 2.98. The van der Waals surface area contributed by atoms with Gasteiger partial charge in [0.15, 0.2) is 0 Å². The standard InChI is InChI=1S/C13H16F3NO2/c1-4-19-11(18)9-7-8(5-6-10(9)17)12(2,3)13(14,15)16/h5-7H,4,17H2,1-3H3. The lowest BCUT2D eigenvalue weighted by molar-refractivity contribution is -0.180. The fourth-order valence-corrected chi connectivity index (χ4v) is 1.49. The number of rotatable bonds is 3. The Morgan fingerprint density at radius 2 is 1.89 bits per heavy atom. The Kier molecular flexibility index (Phi) is 4.12. The Labute approximate surface area is 109 Å². The van der Waals surface area contributed by atoms with Gasteiger partial charge in [-0.25, -0.2) is 4.79 Å². The van der Waals surface area contributed by atoms with Crippen LogP contribution in [0.25, 0.3) is 0 Å². The van der Waals surface area contributed by atoms with Crippen LogP contribution in [0.3, 0.4) is 0 Å². The summed E-state index contributed by atoms with van der Waals surface area (Å²) in [5, 5.41) is 0. The number of anilines is 1. The third-order valence-corrected chi connectivity index (χ3v) is 2.98. The number of alkyl halides is 3. The van der Waals surface area contributed by atoms with Gasteiger partial charge in [0.05, 0.1) is 17.6 Å². The van der Waals surface area contributed by atoms with Crippen molar-refractivity contribution in [2.75, 3.05) is 12.3 Å². The number of benzene rings is 1. The summed E-state index contributed by atoms with van der Waals surface area (Å²) in [6.07, 6.45) is -4.42. The van der Waals surface area contributed by atoms with Crippen molar-refractivity contribution < 1.29 is 22.7 Å². The molecular weight excluding hydrogens is 259 g/mol. The second kappa shape index (κ2) is 5.11. The molecule has 0 saturated carbocycles. The highest BCUT2D eigenvalue weighted by Crippen LogP contribution is 2.41. The molecule has 0 aliphatic carbocycles. The summed E-state index contributed by atoms with van der Waals surface area (Å²) in [6, 6.07) is 3.70. The monoisotopic (exact) mass is 275 g/mol. The average Bonchev–Trinajstić information content (AvgIpc) is 2.28. The third kappa shape index (κ3) is 3.00. The molecule has 0 spiro atoms. The summed E-state index contributed by atoms with van der Waals surface area (Å²) < 4.78 is 43.6. The van der Waals surface area contributed by atoms with Crippen LogP contribution in [0, 0.1) is 0 Å². The van der Waals surface area contributed by atoms with Gasteiger partial charge in [0.1, 0.15) is 0 Å². The molecule has 0 heterocycles. The fraction of sp³-hybridized carbons (Fsp3) is 0.462. The molecule has 106 valence electrons. The summed E-state index contributed by atoms with van der Waals surface area (Å²) >= 11 is 0. The smallest absolute Gasteiger partial charge is 0.397 e. The number of carbonyl (C=O) groups is 1. The second-order valence-electron chi connectivity index (χ2n) is 4.65. The SMILES string of the molecule is CCOC(=O)c1cc(C(C)(C)C(F)(F)F)ccc1N. The Bertz CT molecular complexity index is 481. The van der Waals surface area contributed by atoms with Crippen molar-refractivity contribution in [1.82, 2.24) is 0 Å². The highest BCUT2D eigenvalue weighted by molar-refractivity contribution is 5.95. The van der Waals surface area contributed by atoms with E-state index in [0.717, 1.165) is 19.9 Å². The summed E-state index contributed by atoms with van der Waals surface area (Å²) in [5.41, 5.74) is 3.55. The van der Waals surface area contributed by atoms with E-state index in [1.165, 1.54) is 12.1 Å². The molecule has 0 radical (unpaired) electrons. The lowest BCUT2D eigenvalue weighted by Crippen LogP contribution is -2.36. The molecule has 1 aromatic carbocycles. The highest BCUT2D eigenvalue weighted by Gasteiger charge is 2.48. The molecule has 1 aromatic rings.